The van der Waals surface area contributed by atoms with Gasteiger partial charge in [0, 0.05) is 52.0 Å². The van der Waals surface area contributed by atoms with Crippen LogP contribution in [0.3, 0.4) is 0 Å². The summed E-state index contributed by atoms with van der Waals surface area (Å²) < 4.78 is 104. The lowest BCUT2D eigenvalue weighted by Gasteiger charge is -2.17. The van der Waals surface area contributed by atoms with Crippen LogP contribution in [0.1, 0.15) is 0 Å². The van der Waals surface area contributed by atoms with Gasteiger partial charge in [0.2, 0.25) is 17.5 Å². The van der Waals surface area contributed by atoms with Crippen LogP contribution in [0.15, 0.2) is 110 Å². The Bertz CT molecular complexity index is 4230. The van der Waals surface area contributed by atoms with Crippen molar-refractivity contribution in [1.29, 1.82) is 0 Å². The van der Waals surface area contributed by atoms with Crippen molar-refractivity contribution in [1.82, 2.24) is 75.6 Å². The van der Waals surface area contributed by atoms with Crippen LogP contribution in [0.5, 0.6) is 0 Å². The third-order valence-corrected chi connectivity index (χ3v) is 16.7. The summed E-state index contributed by atoms with van der Waals surface area (Å²) in [5, 5.41) is 35.2. The number of phosphoric ester groups is 2. The lowest BCUT2D eigenvalue weighted by molar-refractivity contribution is 0.0572. The van der Waals surface area contributed by atoms with Gasteiger partial charge < -0.3 is 33.8 Å². The Hall–Kier alpha value is -9.64. The fourth-order valence-corrected chi connectivity index (χ4v) is 11.8. The van der Waals surface area contributed by atoms with Gasteiger partial charge in [-0.1, -0.05) is 18.2 Å². The summed E-state index contributed by atoms with van der Waals surface area (Å²) in [6, 6.07) is 22.2. The maximum atomic E-state index is 15.2. The quantitative estimate of drug-likeness (QED) is 0.0527. The maximum Gasteiger partial charge on any atom is 0.478 e. The maximum absolute atomic E-state index is 15.2. The second-order valence-corrected chi connectivity index (χ2v) is 24.6. The molecule has 3 saturated heterocycles. The average Bonchev–Trinajstić information content (AvgIpc) is 1.49. The zero-order valence-corrected chi connectivity index (χ0v) is 50.5. The summed E-state index contributed by atoms with van der Waals surface area (Å²) in [6.45, 7) is -2.02. The molecule has 40 heteroatoms. The van der Waals surface area contributed by atoms with Crippen molar-refractivity contribution in [3.05, 3.63) is 127 Å². The molecular weight excluding hydrogens is 1280 g/mol. The molecule has 4 atom stereocenters. The predicted molar refractivity (Wildman–Crippen MR) is 312 cm³/mol. The number of carbonyl (C=O) groups excluding carboxylic acids is 3. The lowest BCUT2D eigenvalue weighted by atomic mass is 10.1. The van der Waals surface area contributed by atoms with Gasteiger partial charge in [0.05, 0.1) is 77.7 Å². The first kappa shape index (κ1) is 63.9. The van der Waals surface area contributed by atoms with Crippen LogP contribution in [-0.4, -0.2) is 177 Å². The Morgan fingerprint density at radius 3 is 1.04 bits per heavy atom. The van der Waals surface area contributed by atoms with Gasteiger partial charge in [0.15, 0.2) is 0 Å². The molecule has 9 aromatic rings. The SMILES string of the molecule is C=P(O)(O)OP(=O)(O)OC[C@H]1CN(c2ccc(-c3ccc(-c4nnn(C)n4)nc3)c(F)c2)C(=O)O1.Cn1nnc(-c2ccc(-c3ccc(N4C[C@H](COP(=O)(O)OC[C@H]5CN(c6ccc(-c7ccc(-c8nnn(C)n8)nc7)c(F)c6)C(=O)O5)OC4=O)cc3F)cn2)n1. The van der Waals surface area contributed by atoms with Crippen molar-refractivity contribution in [3.63, 3.8) is 0 Å². The summed E-state index contributed by atoms with van der Waals surface area (Å²) in [6.07, 6.45) is 1.71. The lowest BCUT2D eigenvalue weighted by Crippen LogP contribution is -2.26. The summed E-state index contributed by atoms with van der Waals surface area (Å²) >= 11 is 0. The summed E-state index contributed by atoms with van der Waals surface area (Å²) in [5.41, 5.74) is 4.04. The fourth-order valence-electron chi connectivity index (χ4n) is 9.15. The summed E-state index contributed by atoms with van der Waals surface area (Å²) in [5.74, 6) is -0.941. The van der Waals surface area contributed by atoms with Crippen molar-refractivity contribution in [2.75, 3.05) is 54.2 Å². The highest BCUT2D eigenvalue weighted by Crippen LogP contribution is 2.57. The standard InChI is InChI=1S/C34H29F2N12O8P.C18H19FN6O8P2/c1-45-41-31(39-43-45)29-9-3-19(13-37-29)25-7-5-21(11-27(25)35)47-15-23(55-33(47)49)17-53-57(51,52)54-18-24-16-48(34(50)56-24)22-6-8-26(28(36)12-22)20-4-10-30(38-14-20)32-40-44-46(2)42-32;1-24-22-17(21-23-24)16-6-3-11(8-20-16)14-5-4-12(7-15(14)19)25-9-13(32-18(25)26)10-31-35(29,30)33-34(2,27)28/h3-14,23-24H,15-18H2,1-2H3,(H,51,52);3-8,13,27-28H,2,9-10H2,1H3,(H,29,30)/t23-,24-;13-/m11/s1. The Kier molecular flexibility index (Phi) is 18.3. The largest absolute Gasteiger partial charge is 0.478 e. The number of pyridine rings is 3. The van der Waals surface area contributed by atoms with Gasteiger partial charge in [-0.15, -0.1) is 30.6 Å². The number of ether oxygens (including phenoxy) is 3. The average molecular weight is 1330 g/mol. The molecule has 0 radical (unpaired) electrons. The second kappa shape index (κ2) is 26.3. The molecule has 9 heterocycles. The number of amides is 3. The molecule has 34 nitrogen and oxygen atoms in total. The molecule has 3 fully saturated rings. The molecule has 3 aliphatic heterocycles. The van der Waals surface area contributed by atoms with Gasteiger partial charge in [-0.05, 0) is 94.7 Å². The van der Waals surface area contributed by atoms with E-state index in [9.17, 15) is 37.7 Å². The topological polar surface area (TPSA) is 410 Å². The first-order valence-electron chi connectivity index (χ1n) is 26.7. The van der Waals surface area contributed by atoms with Crippen molar-refractivity contribution >= 4 is 64.9 Å². The first-order valence-corrected chi connectivity index (χ1v) is 31.5. The molecule has 478 valence electrons. The Balaban J connectivity index is 0.000000212. The van der Waals surface area contributed by atoms with Gasteiger partial charge in [0.1, 0.15) is 52.8 Å². The van der Waals surface area contributed by atoms with E-state index in [-0.39, 0.29) is 53.4 Å². The summed E-state index contributed by atoms with van der Waals surface area (Å²) in [7, 11) is -9.02. The predicted octanol–water partition coefficient (Wildman–Crippen LogP) is 5.67. The minimum absolute atomic E-state index is 0.119. The van der Waals surface area contributed by atoms with Crippen LogP contribution in [0.4, 0.5) is 44.6 Å². The van der Waals surface area contributed by atoms with Crippen LogP contribution in [0, 0.1) is 17.5 Å². The van der Waals surface area contributed by atoms with E-state index >= 15 is 8.78 Å². The number of aryl methyl sites for hydroxylation is 3. The van der Waals surface area contributed by atoms with Crippen LogP contribution < -0.4 is 14.7 Å². The van der Waals surface area contributed by atoms with E-state index in [4.69, 9.17) is 33.0 Å². The van der Waals surface area contributed by atoms with Crippen LogP contribution in [0.2, 0.25) is 0 Å². The van der Waals surface area contributed by atoms with Crippen molar-refractivity contribution < 1.29 is 88.4 Å². The van der Waals surface area contributed by atoms with E-state index < -0.39 is 97.1 Å². The molecule has 12 rings (SSSR count). The minimum atomic E-state index is -4.85. The van der Waals surface area contributed by atoms with Crippen LogP contribution in [-0.2, 0) is 62.4 Å². The smallest absolute Gasteiger partial charge is 0.441 e. The highest BCUT2D eigenvalue weighted by molar-refractivity contribution is 7.66. The molecule has 0 aliphatic carbocycles. The van der Waals surface area contributed by atoms with Crippen molar-refractivity contribution in [3.8, 4) is 67.9 Å². The number of rotatable bonds is 20. The molecular formula is C52H48F3N18O16P3. The molecule has 0 bridgehead atoms. The number of tetrazole rings is 3. The third kappa shape index (κ3) is 15.2. The molecule has 3 aliphatic rings. The Morgan fingerprint density at radius 2 is 0.793 bits per heavy atom. The zero-order chi connectivity index (χ0) is 65.2. The van der Waals surface area contributed by atoms with Crippen molar-refractivity contribution in [2.24, 2.45) is 21.1 Å². The fraction of sp³-hybridized carbons (Fsp3) is 0.231. The van der Waals surface area contributed by atoms with E-state index in [1.165, 1.54) is 69.4 Å². The van der Waals surface area contributed by atoms with Gasteiger partial charge in [-0.2, -0.15) is 14.4 Å². The second-order valence-electron chi connectivity index (χ2n) is 20.0. The normalized spacial score (nSPS) is 17.3. The number of anilines is 3. The van der Waals surface area contributed by atoms with E-state index in [0.29, 0.717) is 51.2 Å². The monoisotopic (exact) mass is 1330 g/mol. The number of aromatic nitrogens is 15. The minimum Gasteiger partial charge on any atom is -0.441 e. The highest BCUT2D eigenvalue weighted by Gasteiger charge is 2.39. The van der Waals surface area contributed by atoms with E-state index in [1.807, 2.05) is 0 Å². The number of hydrogen-bond acceptors (Lipinski definition) is 26. The van der Waals surface area contributed by atoms with Crippen molar-refractivity contribution in [2.45, 2.75) is 18.3 Å². The number of carbonyl (C=O) groups is 3. The molecule has 3 amide bonds. The third-order valence-electron chi connectivity index (χ3n) is 13.4. The zero-order valence-electron chi connectivity index (χ0n) is 47.8. The molecule has 0 saturated carbocycles. The van der Waals surface area contributed by atoms with E-state index in [1.54, 1.807) is 57.5 Å². The first-order chi connectivity index (χ1) is 43.8. The number of nitrogens with zero attached hydrogens (tertiary/aromatic N) is 18. The molecule has 1 unspecified atom stereocenters. The molecule has 92 heavy (non-hydrogen) atoms. The number of halogens is 3. The molecule has 3 aromatic carbocycles. The van der Waals surface area contributed by atoms with Crippen LogP contribution in [0.25, 0.3) is 67.9 Å². The molecule has 4 N–H and O–H groups in total. The Morgan fingerprint density at radius 1 is 0.489 bits per heavy atom. The van der Waals surface area contributed by atoms with Crippen LogP contribution >= 0.6 is 23.2 Å². The molecule has 6 aromatic heterocycles. The van der Waals surface area contributed by atoms with E-state index in [0.717, 1.165) is 32.9 Å². The van der Waals surface area contributed by atoms with Gasteiger partial charge in [-0.25, -0.2) is 41.0 Å². The number of phosphoric acid groups is 2. The molecule has 0 spiro atoms. The van der Waals surface area contributed by atoms with Gasteiger partial charge in [-0.3, -0.25) is 43.2 Å². The van der Waals surface area contributed by atoms with Gasteiger partial charge >= 0.3 is 33.9 Å². The summed E-state index contributed by atoms with van der Waals surface area (Å²) in [4.78, 5) is 95.5. The Labute approximate surface area is 515 Å². The number of hydrogen-bond donors (Lipinski definition) is 4. The number of benzene rings is 3. The highest BCUT2D eigenvalue weighted by atomic mass is 31.3. The number of cyclic esters (lactones) is 3. The van der Waals surface area contributed by atoms with E-state index in [2.05, 4.69) is 76.3 Å². The van der Waals surface area contributed by atoms with Gasteiger partial charge in [0.25, 0.3) is 7.57 Å².